The molecule has 5 nitrogen and oxygen atoms in total. The Morgan fingerprint density at radius 2 is 2.07 bits per heavy atom. The smallest absolute Gasteiger partial charge is 0.155 e. The molecule has 2 aromatic heterocycles. The van der Waals surface area contributed by atoms with E-state index in [-0.39, 0.29) is 5.54 Å². The van der Waals surface area contributed by atoms with Crippen molar-refractivity contribution < 1.29 is 4.74 Å². The molecule has 1 aromatic carbocycles. The van der Waals surface area contributed by atoms with Crippen molar-refractivity contribution in [1.82, 2.24) is 14.6 Å². The standard InChI is InChI=1S/C22H27ClN4O/c1-14(2)12-22(3,24)13-28-20-7-6-16(10-17(20)23)19-8-9-25-21-11-18(15-4-5-15)26-27(19)21/h6-11,14-15H,4-5,12-13,24H2,1-3H3/t22-/m0/s1. The maximum Gasteiger partial charge on any atom is 0.155 e. The van der Waals surface area contributed by atoms with Crippen LogP contribution in [-0.4, -0.2) is 26.7 Å². The van der Waals surface area contributed by atoms with E-state index in [2.05, 4.69) is 24.9 Å². The van der Waals surface area contributed by atoms with Crippen molar-refractivity contribution in [2.24, 2.45) is 11.7 Å². The lowest BCUT2D eigenvalue weighted by molar-refractivity contribution is 0.207. The van der Waals surface area contributed by atoms with Crippen LogP contribution in [0.4, 0.5) is 0 Å². The first-order chi connectivity index (χ1) is 13.3. The summed E-state index contributed by atoms with van der Waals surface area (Å²) in [5, 5.41) is 5.33. The van der Waals surface area contributed by atoms with E-state index in [9.17, 15) is 0 Å². The van der Waals surface area contributed by atoms with Gasteiger partial charge in [-0.25, -0.2) is 9.50 Å². The van der Waals surface area contributed by atoms with Crippen molar-refractivity contribution in [1.29, 1.82) is 0 Å². The third kappa shape index (κ3) is 4.15. The average Bonchev–Trinajstić information content (AvgIpc) is 3.38. The van der Waals surface area contributed by atoms with Gasteiger partial charge in [0, 0.05) is 29.3 Å². The van der Waals surface area contributed by atoms with Crippen molar-refractivity contribution in [2.75, 3.05) is 6.61 Å². The van der Waals surface area contributed by atoms with Crippen LogP contribution in [0.5, 0.6) is 5.75 Å². The Labute approximate surface area is 170 Å². The van der Waals surface area contributed by atoms with Gasteiger partial charge in [0.2, 0.25) is 0 Å². The average molecular weight is 399 g/mol. The predicted octanol–water partition coefficient (Wildman–Crippen LogP) is 5.07. The third-order valence-electron chi connectivity index (χ3n) is 5.03. The molecule has 1 atom stereocenters. The molecule has 2 N–H and O–H groups in total. The van der Waals surface area contributed by atoms with Crippen LogP contribution in [0, 0.1) is 5.92 Å². The molecule has 0 spiro atoms. The summed E-state index contributed by atoms with van der Waals surface area (Å²) in [5.41, 5.74) is 9.89. The molecule has 28 heavy (non-hydrogen) atoms. The van der Waals surface area contributed by atoms with Gasteiger partial charge in [0.25, 0.3) is 0 Å². The molecule has 0 unspecified atom stereocenters. The van der Waals surface area contributed by atoms with Crippen LogP contribution >= 0.6 is 11.6 Å². The van der Waals surface area contributed by atoms with Gasteiger partial charge in [0.1, 0.15) is 12.4 Å². The quantitative estimate of drug-likeness (QED) is 0.603. The zero-order chi connectivity index (χ0) is 19.9. The topological polar surface area (TPSA) is 65.4 Å². The highest BCUT2D eigenvalue weighted by atomic mass is 35.5. The first-order valence-electron chi connectivity index (χ1n) is 9.89. The first-order valence-corrected chi connectivity index (χ1v) is 10.3. The van der Waals surface area contributed by atoms with E-state index in [1.54, 1.807) is 0 Å². The fourth-order valence-electron chi connectivity index (χ4n) is 3.72. The number of rotatable bonds is 7. The minimum Gasteiger partial charge on any atom is -0.490 e. The molecule has 0 aliphatic heterocycles. The molecule has 3 aromatic rings. The minimum atomic E-state index is -0.387. The molecule has 0 saturated heterocycles. The molecule has 1 fully saturated rings. The third-order valence-corrected chi connectivity index (χ3v) is 5.33. The van der Waals surface area contributed by atoms with E-state index < -0.39 is 0 Å². The Bertz CT molecular complexity index is 991. The molecule has 1 aliphatic carbocycles. The molecule has 0 amide bonds. The van der Waals surface area contributed by atoms with Gasteiger partial charge in [-0.2, -0.15) is 5.10 Å². The van der Waals surface area contributed by atoms with Crippen molar-refractivity contribution in [3.8, 4) is 17.0 Å². The Morgan fingerprint density at radius 3 is 2.75 bits per heavy atom. The van der Waals surface area contributed by atoms with Crippen LogP contribution in [0.2, 0.25) is 5.02 Å². The van der Waals surface area contributed by atoms with E-state index in [0.29, 0.717) is 29.2 Å². The molecule has 4 rings (SSSR count). The second kappa shape index (κ2) is 7.37. The number of halogens is 1. The summed E-state index contributed by atoms with van der Waals surface area (Å²) >= 11 is 6.52. The number of nitrogens with zero attached hydrogens (tertiary/aromatic N) is 3. The lowest BCUT2D eigenvalue weighted by Crippen LogP contribution is -2.43. The van der Waals surface area contributed by atoms with Crippen LogP contribution in [0.15, 0.2) is 36.5 Å². The summed E-state index contributed by atoms with van der Waals surface area (Å²) in [5.74, 6) is 1.75. The van der Waals surface area contributed by atoms with E-state index in [1.165, 1.54) is 12.8 Å². The second-order valence-corrected chi connectivity index (χ2v) is 9.04. The van der Waals surface area contributed by atoms with Crippen LogP contribution < -0.4 is 10.5 Å². The Hall–Kier alpha value is -2.11. The first kappa shape index (κ1) is 19.2. The van der Waals surface area contributed by atoms with Gasteiger partial charge in [0.15, 0.2) is 5.65 Å². The van der Waals surface area contributed by atoms with Crippen LogP contribution in [0.3, 0.4) is 0 Å². The summed E-state index contributed by atoms with van der Waals surface area (Å²) in [4.78, 5) is 4.45. The van der Waals surface area contributed by atoms with E-state index in [1.807, 2.05) is 41.9 Å². The highest BCUT2D eigenvalue weighted by molar-refractivity contribution is 6.32. The maximum atomic E-state index is 6.52. The van der Waals surface area contributed by atoms with E-state index >= 15 is 0 Å². The zero-order valence-corrected chi connectivity index (χ0v) is 17.4. The SMILES string of the molecule is CC(C)C[C@](C)(N)COc1ccc(-c2ccnc3cc(C4CC4)nn23)cc1Cl. The lowest BCUT2D eigenvalue weighted by Gasteiger charge is -2.26. The minimum absolute atomic E-state index is 0.387. The Morgan fingerprint density at radius 1 is 1.29 bits per heavy atom. The van der Waals surface area contributed by atoms with Gasteiger partial charge < -0.3 is 10.5 Å². The molecule has 6 heteroatoms. The molecule has 1 aliphatic rings. The lowest BCUT2D eigenvalue weighted by atomic mass is 9.93. The molecular formula is C22H27ClN4O. The fourth-order valence-corrected chi connectivity index (χ4v) is 3.96. The normalized spacial score (nSPS) is 16.5. The summed E-state index contributed by atoms with van der Waals surface area (Å²) in [6, 6.07) is 9.87. The van der Waals surface area contributed by atoms with Gasteiger partial charge in [-0.05, 0) is 56.4 Å². The summed E-state index contributed by atoms with van der Waals surface area (Å²) in [7, 11) is 0. The molecule has 148 valence electrons. The Kier molecular flexibility index (Phi) is 5.06. The zero-order valence-electron chi connectivity index (χ0n) is 16.7. The molecule has 1 saturated carbocycles. The number of nitrogens with two attached hydrogens (primary N) is 1. The number of benzene rings is 1. The molecule has 0 bridgehead atoms. The number of hydrogen-bond acceptors (Lipinski definition) is 4. The van der Waals surface area contributed by atoms with Gasteiger partial charge in [-0.3, -0.25) is 0 Å². The maximum absolute atomic E-state index is 6.52. The van der Waals surface area contributed by atoms with Gasteiger partial charge in [-0.1, -0.05) is 25.4 Å². The Balaban J connectivity index is 1.57. The largest absolute Gasteiger partial charge is 0.490 e. The number of hydrogen-bond donors (Lipinski definition) is 1. The van der Waals surface area contributed by atoms with Gasteiger partial charge in [0.05, 0.1) is 16.4 Å². The fraction of sp³-hybridized carbons (Fsp3) is 0.455. The highest BCUT2D eigenvalue weighted by Gasteiger charge is 2.27. The summed E-state index contributed by atoms with van der Waals surface area (Å²) in [6.45, 7) is 6.75. The van der Waals surface area contributed by atoms with Crippen molar-refractivity contribution in [3.63, 3.8) is 0 Å². The van der Waals surface area contributed by atoms with Crippen LogP contribution in [0.25, 0.3) is 16.9 Å². The second-order valence-electron chi connectivity index (χ2n) is 8.63. The number of fused-ring (bicyclic) bond motifs is 1. The number of ether oxygens (including phenoxy) is 1. The molecular weight excluding hydrogens is 372 g/mol. The van der Waals surface area contributed by atoms with Crippen molar-refractivity contribution in [2.45, 2.75) is 51.5 Å². The van der Waals surface area contributed by atoms with Crippen LogP contribution in [-0.2, 0) is 0 Å². The van der Waals surface area contributed by atoms with Crippen molar-refractivity contribution in [3.05, 3.63) is 47.2 Å². The van der Waals surface area contributed by atoms with Crippen molar-refractivity contribution >= 4 is 17.2 Å². The van der Waals surface area contributed by atoms with Gasteiger partial charge in [-0.15, -0.1) is 0 Å². The van der Waals surface area contributed by atoms with Crippen LogP contribution in [0.1, 0.15) is 51.6 Å². The summed E-state index contributed by atoms with van der Waals surface area (Å²) < 4.78 is 7.84. The monoisotopic (exact) mass is 398 g/mol. The van der Waals surface area contributed by atoms with E-state index in [0.717, 1.165) is 29.0 Å². The highest BCUT2D eigenvalue weighted by Crippen LogP contribution is 2.40. The molecule has 2 heterocycles. The number of aromatic nitrogens is 3. The van der Waals surface area contributed by atoms with E-state index in [4.69, 9.17) is 27.2 Å². The predicted molar refractivity (Wildman–Crippen MR) is 113 cm³/mol. The molecule has 0 radical (unpaired) electrons. The summed E-state index contributed by atoms with van der Waals surface area (Å²) in [6.07, 6.45) is 5.13. The van der Waals surface area contributed by atoms with Gasteiger partial charge >= 0.3 is 0 Å².